The number of rotatable bonds is 8. The summed E-state index contributed by atoms with van der Waals surface area (Å²) >= 11 is 0. The fourth-order valence-corrected chi connectivity index (χ4v) is 2.84. The Bertz CT molecular complexity index is 954. The van der Waals surface area contributed by atoms with Gasteiger partial charge >= 0.3 is 0 Å². The van der Waals surface area contributed by atoms with Crippen LogP contribution in [0.4, 0.5) is 4.39 Å². The predicted molar refractivity (Wildman–Crippen MR) is 110 cm³/mol. The zero-order valence-corrected chi connectivity index (χ0v) is 16.1. The highest BCUT2D eigenvalue weighted by Crippen LogP contribution is 2.16. The molecule has 0 aliphatic carbocycles. The first-order valence-corrected chi connectivity index (χ1v) is 9.37. The van der Waals surface area contributed by atoms with Crippen molar-refractivity contribution in [2.45, 2.75) is 12.8 Å². The van der Waals surface area contributed by atoms with Crippen molar-refractivity contribution in [1.82, 2.24) is 5.32 Å². The smallest absolute Gasteiger partial charge is 0.257 e. The normalized spacial score (nSPS) is 11.5. The second-order valence-corrected chi connectivity index (χ2v) is 6.76. The number of ketones is 1. The van der Waals surface area contributed by atoms with Crippen molar-refractivity contribution in [1.29, 1.82) is 0 Å². The van der Waals surface area contributed by atoms with Gasteiger partial charge in [-0.1, -0.05) is 37.3 Å². The van der Waals surface area contributed by atoms with E-state index in [0.717, 1.165) is 5.56 Å². The minimum atomic E-state index is -0.387. The standard InChI is InChI=1S/C24H22FNO3/c1-17(18-5-3-2-4-6-18)15-26-23(27)16-29-22-13-9-20(10-14-22)24(28)19-7-11-21(25)12-8-19/h2-14,17H,15-16H2,1H3,(H,26,27)/t17-/m0/s1. The molecule has 0 aliphatic rings. The quantitative estimate of drug-likeness (QED) is 0.581. The van der Waals surface area contributed by atoms with E-state index in [4.69, 9.17) is 4.74 Å². The Hall–Kier alpha value is -3.47. The van der Waals surface area contributed by atoms with Crippen molar-refractivity contribution in [2.75, 3.05) is 13.2 Å². The number of hydrogen-bond donors (Lipinski definition) is 1. The van der Waals surface area contributed by atoms with Gasteiger partial charge < -0.3 is 10.1 Å². The van der Waals surface area contributed by atoms with Gasteiger partial charge in [0.1, 0.15) is 11.6 Å². The first-order valence-electron chi connectivity index (χ1n) is 9.37. The van der Waals surface area contributed by atoms with Crippen molar-refractivity contribution in [3.63, 3.8) is 0 Å². The maximum atomic E-state index is 13.0. The third-order valence-corrected chi connectivity index (χ3v) is 4.57. The van der Waals surface area contributed by atoms with Crippen LogP contribution in [-0.2, 0) is 4.79 Å². The molecule has 1 amide bonds. The summed E-state index contributed by atoms with van der Waals surface area (Å²) in [4.78, 5) is 24.4. The molecule has 5 heteroatoms. The van der Waals surface area contributed by atoms with Crippen molar-refractivity contribution >= 4 is 11.7 Å². The molecule has 0 aromatic heterocycles. The fraction of sp³-hybridized carbons (Fsp3) is 0.167. The van der Waals surface area contributed by atoms with Gasteiger partial charge in [-0.2, -0.15) is 0 Å². The monoisotopic (exact) mass is 391 g/mol. The van der Waals surface area contributed by atoms with E-state index in [2.05, 4.69) is 5.32 Å². The highest BCUT2D eigenvalue weighted by molar-refractivity contribution is 6.09. The topological polar surface area (TPSA) is 55.4 Å². The number of benzene rings is 3. The maximum Gasteiger partial charge on any atom is 0.257 e. The van der Waals surface area contributed by atoms with Crippen LogP contribution in [0.25, 0.3) is 0 Å². The molecule has 0 unspecified atom stereocenters. The summed E-state index contributed by atoms with van der Waals surface area (Å²) in [6.45, 7) is 2.47. The fourth-order valence-electron chi connectivity index (χ4n) is 2.84. The van der Waals surface area contributed by atoms with Crippen molar-refractivity contribution in [3.05, 3.63) is 101 Å². The summed E-state index contributed by atoms with van der Waals surface area (Å²) in [7, 11) is 0. The van der Waals surface area contributed by atoms with Gasteiger partial charge in [-0.15, -0.1) is 0 Å². The van der Waals surface area contributed by atoms with Crippen LogP contribution in [-0.4, -0.2) is 24.8 Å². The molecule has 3 aromatic rings. The lowest BCUT2D eigenvalue weighted by atomic mass is 10.0. The van der Waals surface area contributed by atoms with Gasteiger partial charge in [-0.3, -0.25) is 9.59 Å². The van der Waals surface area contributed by atoms with Crippen LogP contribution in [0.15, 0.2) is 78.9 Å². The van der Waals surface area contributed by atoms with Crippen LogP contribution in [0.5, 0.6) is 5.75 Å². The number of carbonyl (C=O) groups excluding carboxylic acids is 2. The van der Waals surface area contributed by atoms with Gasteiger partial charge in [-0.05, 0) is 60.0 Å². The zero-order chi connectivity index (χ0) is 20.6. The van der Waals surface area contributed by atoms with Crippen LogP contribution in [0.3, 0.4) is 0 Å². The third kappa shape index (κ3) is 5.75. The van der Waals surface area contributed by atoms with E-state index in [1.165, 1.54) is 24.3 Å². The number of carbonyl (C=O) groups is 2. The minimum Gasteiger partial charge on any atom is -0.484 e. The summed E-state index contributed by atoms with van der Waals surface area (Å²) in [6, 6.07) is 21.9. The molecule has 1 atom stereocenters. The number of halogens is 1. The summed E-state index contributed by atoms with van der Waals surface area (Å²) in [5, 5.41) is 2.86. The Kier molecular flexibility index (Phi) is 6.74. The van der Waals surface area contributed by atoms with Gasteiger partial charge in [-0.25, -0.2) is 4.39 Å². The van der Waals surface area contributed by atoms with E-state index in [1.807, 2.05) is 37.3 Å². The summed E-state index contributed by atoms with van der Waals surface area (Å²) in [5.41, 5.74) is 2.03. The predicted octanol–water partition coefficient (Wildman–Crippen LogP) is 4.36. The second-order valence-electron chi connectivity index (χ2n) is 6.76. The van der Waals surface area contributed by atoms with Crippen LogP contribution < -0.4 is 10.1 Å². The molecule has 0 heterocycles. The molecule has 0 radical (unpaired) electrons. The maximum absolute atomic E-state index is 13.0. The molecule has 1 N–H and O–H groups in total. The van der Waals surface area contributed by atoms with E-state index in [-0.39, 0.29) is 30.0 Å². The molecule has 0 spiro atoms. The molecule has 3 rings (SSSR count). The van der Waals surface area contributed by atoms with E-state index in [0.29, 0.717) is 23.4 Å². The number of nitrogens with one attached hydrogen (secondary N) is 1. The van der Waals surface area contributed by atoms with Crippen molar-refractivity contribution in [3.8, 4) is 5.75 Å². The highest BCUT2D eigenvalue weighted by atomic mass is 19.1. The van der Waals surface area contributed by atoms with Gasteiger partial charge in [0.15, 0.2) is 12.4 Å². The Labute approximate surface area is 169 Å². The number of ether oxygens (including phenoxy) is 1. The molecule has 4 nitrogen and oxygen atoms in total. The van der Waals surface area contributed by atoms with Crippen LogP contribution in [0.1, 0.15) is 34.3 Å². The molecular formula is C24H22FNO3. The molecular weight excluding hydrogens is 369 g/mol. The van der Waals surface area contributed by atoms with Crippen LogP contribution >= 0.6 is 0 Å². The highest BCUT2D eigenvalue weighted by Gasteiger charge is 2.11. The lowest BCUT2D eigenvalue weighted by Crippen LogP contribution is -2.31. The Balaban J connectivity index is 1.47. The molecule has 3 aromatic carbocycles. The summed E-state index contributed by atoms with van der Waals surface area (Å²) in [6.07, 6.45) is 0. The minimum absolute atomic E-state index is 0.104. The Morgan fingerprint density at radius 2 is 1.48 bits per heavy atom. The van der Waals surface area contributed by atoms with Crippen molar-refractivity contribution in [2.24, 2.45) is 0 Å². The van der Waals surface area contributed by atoms with E-state index in [9.17, 15) is 14.0 Å². The van der Waals surface area contributed by atoms with Gasteiger partial charge in [0.25, 0.3) is 5.91 Å². The number of amides is 1. The Morgan fingerprint density at radius 3 is 2.10 bits per heavy atom. The SMILES string of the molecule is C[C@@H](CNC(=O)COc1ccc(C(=O)c2ccc(F)cc2)cc1)c1ccccc1. The summed E-state index contributed by atoms with van der Waals surface area (Å²) in [5.74, 6) is -0.103. The molecule has 148 valence electrons. The first kappa shape index (κ1) is 20.3. The van der Waals surface area contributed by atoms with Gasteiger partial charge in [0.2, 0.25) is 0 Å². The van der Waals surface area contributed by atoms with E-state index in [1.54, 1.807) is 24.3 Å². The first-order chi connectivity index (χ1) is 14.0. The lowest BCUT2D eigenvalue weighted by Gasteiger charge is -2.13. The van der Waals surface area contributed by atoms with E-state index >= 15 is 0 Å². The largest absolute Gasteiger partial charge is 0.484 e. The number of hydrogen-bond acceptors (Lipinski definition) is 3. The van der Waals surface area contributed by atoms with Crippen molar-refractivity contribution < 1.29 is 18.7 Å². The average molecular weight is 391 g/mol. The molecule has 0 saturated heterocycles. The molecule has 0 saturated carbocycles. The van der Waals surface area contributed by atoms with Crippen LogP contribution in [0.2, 0.25) is 0 Å². The summed E-state index contributed by atoms with van der Waals surface area (Å²) < 4.78 is 18.5. The third-order valence-electron chi connectivity index (χ3n) is 4.57. The molecule has 0 aliphatic heterocycles. The average Bonchev–Trinajstić information content (AvgIpc) is 2.77. The lowest BCUT2D eigenvalue weighted by molar-refractivity contribution is -0.123. The molecule has 29 heavy (non-hydrogen) atoms. The molecule has 0 fully saturated rings. The van der Waals surface area contributed by atoms with Crippen LogP contribution in [0, 0.1) is 5.82 Å². The zero-order valence-electron chi connectivity index (χ0n) is 16.1. The second kappa shape index (κ2) is 9.64. The van der Waals surface area contributed by atoms with Gasteiger partial charge in [0.05, 0.1) is 0 Å². The van der Waals surface area contributed by atoms with E-state index < -0.39 is 0 Å². The Morgan fingerprint density at radius 1 is 0.897 bits per heavy atom. The van der Waals surface area contributed by atoms with Gasteiger partial charge in [0, 0.05) is 17.7 Å². The molecule has 0 bridgehead atoms.